The molecule has 0 aliphatic heterocycles. The Morgan fingerprint density at radius 3 is 2.53 bits per heavy atom. The monoisotopic (exact) mass is 267 g/mol. The van der Waals surface area contributed by atoms with Gasteiger partial charge in [0.15, 0.2) is 0 Å². The molecule has 3 heteroatoms. The Morgan fingerprint density at radius 2 is 2.00 bits per heavy atom. The fourth-order valence-corrected chi connectivity index (χ4v) is 2.63. The van der Waals surface area contributed by atoms with Crippen LogP contribution in [0.25, 0.3) is 0 Å². The molecule has 1 fully saturated rings. The van der Waals surface area contributed by atoms with Crippen LogP contribution in [0.2, 0.25) is 0 Å². The average molecular weight is 268 g/mol. The molecule has 1 saturated carbocycles. The highest BCUT2D eigenvalue weighted by Crippen LogP contribution is 2.41. The van der Waals surface area contributed by atoms with Gasteiger partial charge in [-0.05, 0) is 25.0 Å². The van der Waals surface area contributed by atoms with E-state index in [0.29, 0.717) is 5.56 Å². The number of rotatable bonds is 1. The van der Waals surface area contributed by atoms with Crippen LogP contribution < -0.4 is 0 Å². The van der Waals surface area contributed by atoms with Gasteiger partial charge in [-0.25, -0.2) is 4.39 Å². The van der Waals surface area contributed by atoms with E-state index in [-0.39, 0.29) is 5.82 Å². The van der Waals surface area contributed by atoms with E-state index in [2.05, 4.69) is 22.0 Å². The standard InChI is InChI=1S/C12H11BrFN/c13-9-3-4-10(11(14)7-9)12(8-15)5-1-2-6-12/h3-4,7H,1-2,5-6H2. The van der Waals surface area contributed by atoms with E-state index in [0.717, 1.165) is 30.2 Å². The number of hydrogen-bond donors (Lipinski definition) is 0. The Labute approximate surface area is 97.0 Å². The largest absolute Gasteiger partial charge is 0.207 e. The summed E-state index contributed by atoms with van der Waals surface area (Å²) in [5.74, 6) is -0.271. The van der Waals surface area contributed by atoms with Gasteiger partial charge in [0.1, 0.15) is 5.82 Å². The number of nitriles is 1. The van der Waals surface area contributed by atoms with Crippen molar-refractivity contribution in [1.29, 1.82) is 5.26 Å². The molecule has 0 saturated heterocycles. The second-order valence-electron chi connectivity index (χ2n) is 4.03. The maximum atomic E-state index is 13.8. The fourth-order valence-electron chi connectivity index (χ4n) is 2.30. The molecular weight excluding hydrogens is 257 g/mol. The first-order valence-corrected chi connectivity index (χ1v) is 5.84. The molecule has 0 aromatic heterocycles. The zero-order valence-corrected chi connectivity index (χ0v) is 9.85. The minimum atomic E-state index is -0.579. The zero-order valence-electron chi connectivity index (χ0n) is 8.26. The van der Waals surface area contributed by atoms with Crippen LogP contribution in [0.3, 0.4) is 0 Å². The van der Waals surface area contributed by atoms with E-state index in [1.165, 1.54) is 6.07 Å². The maximum Gasteiger partial charge on any atom is 0.129 e. The lowest BCUT2D eigenvalue weighted by molar-refractivity contribution is 0.515. The summed E-state index contributed by atoms with van der Waals surface area (Å²) in [6.07, 6.45) is 3.59. The molecule has 0 bridgehead atoms. The zero-order chi connectivity index (χ0) is 10.9. The highest BCUT2D eigenvalue weighted by atomic mass is 79.9. The average Bonchev–Trinajstić information content (AvgIpc) is 2.67. The van der Waals surface area contributed by atoms with Crippen LogP contribution in [-0.4, -0.2) is 0 Å². The van der Waals surface area contributed by atoms with Crippen molar-refractivity contribution in [1.82, 2.24) is 0 Å². The molecule has 0 heterocycles. The van der Waals surface area contributed by atoms with Crippen LogP contribution in [0.1, 0.15) is 31.2 Å². The molecule has 0 N–H and O–H groups in total. The maximum absolute atomic E-state index is 13.8. The Balaban J connectivity index is 2.48. The molecule has 1 nitrogen and oxygen atoms in total. The molecule has 0 radical (unpaired) electrons. The third-order valence-electron chi connectivity index (χ3n) is 3.12. The first-order chi connectivity index (χ1) is 7.18. The summed E-state index contributed by atoms with van der Waals surface area (Å²) >= 11 is 3.22. The molecule has 1 aliphatic carbocycles. The van der Waals surface area contributed by atoms with Crippen molar-refractivity contribution in [2.45, 2.75) is 31.1 Å². The van der Waals surface area contributed by atoms with Gasteiger partial charge in [-0.15, -0.1) is 0 Å². The summed E-state index contributed by atoms with van der Waals surface area (Å²) in [5, 5.41) is 9.24. The van der Waals surface area contributed by atoms with Crippen molar-refractivity contribution in [2.24, 2.45) is 0 Å². The summed E-state index contributed by atoms with van der Waals surface area (Å²) in [5.41, 5.74) is -0.0178. The number of halogens is 2. The van der Waals surface area contributed by atoms with Gasteiger partial charge >= 0.3 is 0 Å². The third-order valence-corrected chi connectivity index (χ3v) is 3.61. The van der Waals surface area contributed by atoms with Crippen molar-refractivity contribution in [3.05, 3.63) is 34.1 Å². The minimum Gasteiger partial charge on any atom is -0.207 e. The lowest BCUT2D eigenvalue weighted by Gasteiger charge is -2.21. The van der Waals surface area contributed by atoms with Gasteiger partial charge < -0.3 is 0 Å². The summed E-state index contributed by atoms with van der Waals surface area (Å²) in [7, 11) is 0. The topological polar surface area (TPSA) is 23.8 Å². The molecule has 0 atom stereocenters. The minimum absolute atomic E-state index is 0.271. The van der Waals surface area contributed by atoms with Crippen LogP contribution in [0, 0.1) is 17.1 Å². The second-order valence-corrected chi connectivity index (χ2v) is 4.94. The predicted molar refractivity (Wildman–Crippen MR) is 59.9 cm³/mol. The van der Waals surface area contributed by atoms with Crippen LogP contribution >= 0.6 is 15.9 Å². The van der Waals surface area contributed by atoms with Crippen molar-refractivity contribution in [3.8, 4) is 6.07 Å². The molecule has 2 rings (SSSR count). The molecule has 1 aromatic rings. The van der Waals surface area contributed by atoms with Crippen LogP contribution in [0.5, 0.6) is 0 Å². The fraction of sp³-hybridized carbons (Fsp3) is 0.417. The quantitative estimate of drug-likeness (QED) is 0.757. The van der Waals surface area contributed by atoms with Crippen LogP contribution in [-0.2, 0) is 5.41 Å². The van der Waals surface area contributed by atoms with Gasteiger partial charge in [0.05, 0.1) is 11.5 Å². The van der Waals surface area contributed by atoms with Gasteiger partial charge in [-0.2, -0.15) is 5.26 Å². The molecule has 1 aliphatic rings. The highest BCUT2D eigenvalue weighted by Gasteiger charge is 2.37. The molecule has 78 valence electrons. The van der Waals surface area contributed by atoms with Gasteiger partial charge in [-0.1, -0.05) is 34.8 Å². The van der Waals surface area contributed by atoms with E-state index >= 15 is 0 Å². The number of benzene rings is 1. The van der Waals surface area contributed by atoms with Crippen molar-refractivity contribution < 1.29 is 4.39 Å². The lowest BCUT2D eigenvalue weighted by atomic mass is 9.80. The SMILES string of the molecule is N#CC1(c2ccc(Br)cc2F)CCCC1. The Kier molecular flexibility index (Phi) is 2.79. The predicted octanol–water partition coefficient (Wildman–Crippen LogP) is 3.92. The molecular formula is C12H11BrFN. The number of hydrogen-bond acceptors (Lipinski definition) is 1. The van der Waals surface area contributed by atoms with E-state index in [1.54, 1.807) is 12.1 Å². The first kappa shape index (κ1) is 10.6. The van der Waals surface area contributed by atoms with E-state index in [4.69, 9.17) is 0 Å². The van der Waals surface area contributed by atoms with Gasteiger partial charge in [0.25, 0.3) is 0 Å². The second kappa shape index (κ2) is 3.94. The van der Waals surface area contributed by atoms with Crippen molar-refractivity contribution in [2.75, 3.05) is 0 Å². The third kappa shape index (κ3) is 1.79. The number of nitrogens with zero attached hydrogens (tertiary/aromatic N) is 1. The molecule has 15 heavy (non-hydrogen) atoms. The van der Waals surface area contributed by atoms with Crippen molar-refractivity contribution in [3.63, 3.8) is 0 Å². The van der Waals surface area contributed by atoms with Crippen LogP contribution in [0.4, 0.5) is 4.39 Å². The van der Waals surface area contributed by atoms with Gasteiger partial charge in [-0.3, -0.25) is 0 Å². The smallest absolute Gasteiger partial charge is 0.129 e. The molecule has 1 aromatic carbocycles. The summed E-state index contributed by atoms with van der Waals surface area (Å²) < 4.78 is 14.5. The summed E-state index contributed by atoms with van der Waals surface area (Å²) in [6, 6.07) is 7.27. The Bertz CT molecular complexity index is 416. The lowest BCUT2D eigenvalue weighted by Crippen LogP contribution is -2.20. The van der Waals surface area contributed by atoms with E-state index < -0.39 is 5.41 Å². The highest BCUT2D eigenvalue weighted by molar-refractivity contribution is 9.10. The van der Waals surface area contributed by atoms with E-state index in [1.807, 2.05) is 0 Å². The van der Waals surface area contributed by atoms with Crippen molar-refractivity contribution >= 4 is 15.9 Å². The molecule has 0 unspecified atom stereocenters. The van der Waals surface area contributed by atoms with Gasteiger partial charge in [0, 0.05) is 10.0 Å². The summed E-state index contributed by atoms with van der Waals surface area (Å²) in [4.78, 5) is 0. The summed E-state index contributed by atoms with van der Waals surface area (Å²) in [6.45, 7) is 0. The Morgan fingerprint density at radius 1 is 1.33 bits per heavy atom. The normalized spacial score (nSPS) is 18.7. The van der Waals surface area contributed by atoms with Crippen LogP contribution in [0.15, 0.2) is 22.7 Å². The van der Waals surface area contributed by atoms with Gasteiger partial charge in [0.2, 0.25) is 0 Å². The molecule has 0 amide bonds. The Hall–Kier alpha value is -0.880. The van der Waals surface area contributed by atoms with E-state index in [9.17, 15) is 9.65 Å². The molecule has 0 spiro atoms. The first-order valence-electron chi connectivity index (χ1n) is 5.05.